The monoisotopic (exact) mass is 140 g/mol. The van der Waals surface area contributed by atoms with Crippen LogP contribution in [-0.2, 0) is 0 Å². The fourth-order valence-electron chi connectivity index (χ4n) is 1.53. The first-order valence-corrected chi connectivity index (χ1v) is 3.78. The first kappa shape index (κ1) is 7.45. The van der Waals surface area contributed by atoms with Gasteiger partial charge in [0.25, 0.3) is 0 Å². The van der Waals surface area contributed by atoms with Gasteiger partial charge in [-0.15, -0.1) is 0 Å². The molecule has 0 unspecified atom stereocenters. The Balaban J connectivity index is 2.79. The normalized spacial score (nSPS) is 19.2. The number of hydrogen-bond acceptors (Lipinski definition) is 2. The molecule has 1 aliphatic rings. The summed E-state index contributed by atoms with van der Waals surface area (Å²) >= 11 is 0. The van der Waals surface area contributed by atoms with Gasteiger partial charge >= 0.3 is 0 Å². The molecule has 0 bridgehead atoms. The van der Waals surface area contributed by atoms with E-state index in [1.807, 2.05) is 0 Å². The highest BCUT2D eigenvalue weighted by Gasteiger charge is 2.17. The molecule has 10 heavy (non-hydrogen) atoms. The molecule has 1 heterocycles. The van der Waals surface area contributed by atoms with Gasteiger partial charge in [-0.2, -0.15) is 0 Å². The van der Waals surface area contributed by atoms with Crippen molar-refractivity contribution < 1.29 is 0 Å². The van der Waals surface area contributed by atoms with E-state index in [0.717, 1.165) is 13.1 Å². The van der Waals surface area contributed by atoms with Crippen LogP contribution >= 0.6 is 0 Å². The highest BCUT2D eigenvalue weighted by Crippen LogP contribution is 2.21. The van der Waals surface area contributed by atoms with E-state index in [2.05, 4.69) is 37.7 Å². The second-order valence-corrected chi connectivity index (χ2v) is 2.92. The van der Waals surface area contributed by atoms with Gasteiger partial charge in [-0.25, -0.2) is 0 Å². The standard InChI is InChI=1S/C8H16N2/c1-5-8-7(2)9(3)6-10(8)4/h5-6H2,1-4H3. The molecule has 0 aliphatic carbocycles. The highest BCUT2D eigenvalue weighted by atomic mass is 15.3. The van der Waals surface area contributed by atoms with Crippen LogP contribution in [0.5, 0.6) is 0 Å². The van der Waals surface area contributed by atoms with Crippen molar-refractivity contribution in [1.82, 2.24) is 9.80 Å². The predicted molar refractivity (Wildman–Crippen MR) is 43.4 cm³/mol. The van der Waals surface area contributed by atoms with Crippen molar-refractivity contribution in [1.29, 1.82) is 0 Å². The van der Waals surface area contributed by atoms with Crippen LogP contribution in [0.4, 0.5) is 0 Å². The summed E-state index contributed by atoms with van der Waals surface area (Å²) in [7, 11) is 4.28. The van der Waals surface area contributed by atoms with Gasteiger partial charge < -0.3 is 9.80 Å². The first-order chi connectivity index (χ1) is 4.66. The Morgan fingerprint density at radius 1 is 1.30 bits per heavy atom. The lowest BCUT2D eigenvalue weighted by atomic mass is 10.3. The van der Waals surface area contributed by atoms with Gasteiger partial charge in [0.15, 0.2) is 0 Å². The highest BCUT2D eigenvalue weighted by molar-refractivity contribution is 5.13. The summed E-state index contributed by atoms with van der Waals surface area (Å²) in [6.07, 6.45) is 1.15. The molecular weight excluding hydrogens is 124 g/mol. The predicted octanol–water partition coefficient (Wildman–Crippen LogP) is 1.46. The third-order valence-corrected chi connectivity index (χ3v) is 2.21. The minimum atomic E-state index is 1.05. The van der Waals surface area contributed by atoms with Gasteiger partial charge in [0.05, 0.1) is 6.67 Å². The molecule has 2 heteroatoms. The fourth-order valence-corrected chi connectivity index (χ4v) is 1.53. The number of hydrogen-bond donors (Lipinski definition) is 0. The van der Waals surface area contributed by atoms with Crippen LogP contribution in [0.3, 0.4) is 0 Å². The van der Waals surface area contributed by atoms with Crippen molar-refractivity contribution in [3.8, 4) is 0 Å². The Labute approximate surface area is 63.1 Å². The van der Waals surface area contributed by atoms with Crippen LogP contribution in [0.25, 0.3) is 0 Å². The molecule has 0 saturated heterocycles. The Hall–Kier alpha value is -0.660. The van der Waals surface area contributed by atoms with Gasteiger partial charge in [0.2, 0.25) is 0 Å². The van der Waals surface area contributed by atoms with Gasteiger partial charge in [-0.1, -0.05) is 6.92 Å². The van der Waals surface area contributed by atoms with Crippen LogP contribution in [0.2, 0.25) is 0 Å². The van der Waals surface area contributed by atoms with E-state index in [1.165, 1.54) is 11.4 Å². The molecule has 0 aromatic rings. The molecule has 0 N–H and O–H groups in total. The lowest BCUT2D eigenvalue weighted by Crippen LogP contribution is -2.20. The van der Waals surface area contributed by atoms with Gasteiger partial charge in [-0.05, 0) is 13.3 Å². The third kappa shape index (κ3) is 0.981. The Bertz CT molecular complexity index is 161. The minimum absolute atomic E-state index is 1.05. The summed E-state index contributed by atoms with van der Waals surface area (Å²) in [6, 6.07) is 0. The molecule has 1 rings (SSSR count). The van der Waals surface area contributed by atoms with Crippen molar-refractivity contribution in [2.24, 2.45) is 0 Å². The molecule has 0 aromatic carbocycles. The van der Waals surface area contributed by atoms with E-state index in [9.17, 15) is 0 Å². The Kier molecular flexibility index (Phi) is 1.88. The van der Waals surface area contributed by atoms with E-state index in [-0.39, 0.29) is 0 Å². The van der Waals surface area contributed by atoms with Crippen molar-refractivity contribution in [2.75, 3.05) is 20.8 Å². The van der Waals surface area contributed by atoms with E-state index in [0.29, 0.717) is 0 Å². The van der Waals surface area contributed by atoms with Crippen molar-refractivity contribution in [3.05, 3.63) is 11.4 Å². The van der Waals surface area contributed by atoms with Crippen LogP contribution in [0, 0.1) is 0 Å². The van der Waals surface area contributed by atoms with Crippen LogP contribution < -0.4 is 0 Å². The maximum Gasteiger partial charge on any atom is 0.0892 e. The van der Waals surface area contributed by atoms with Crippen LogP contribution in [0.1, 0.15) is 20.3 Å². The summed E-state index contributed by atoms with van der Waals surface area (Å²) in [6.45, 7) is 5.44. The maximum absolute atomic E-state index is 2.30. The molecule has 0 fully saturated rings. The topological polar surface area (TPSA) is 6.48 Å². The average molecular weight is 140 g/mol. The summed E-state index contributed by atoms with van der Waals surface area (Å²) < 4.78 is 0. The van der Waals surface area contributed by atoms with E-state index in [1.54, 1.807) is 0 Å². The van der Waals surface area contributed by atoms with E-state index in [4.69, 9.17) is 0 Å². The van der Waals surface area contributed by atoms with Crippen molar-refractivity contribution in [3.63, 3.8) is 0 Å². The Morgan fingerprint density at radius 2 is 1.90 bits per heavy atom. The van der Waals surface area contributed by atoms with E-state index < -0.39 is 0 Å². The van der Waals surface area contributed by atoms with Crippen molar-refractivity contribution >= 4 is 0 Å². The van der Waals surface area contributed by atoms with Crippen molar-refractivity contribution in [2.45, 2.75) is 20.3 Å². The lowest BCUT2D eigenvalue weighted by Gasteiger charge is -2.15. The van der Waals surface area contributed by atoms with Crippen LogP contribution in [-0.4, -0.2) is 30.6 Å². The van der Waals surface area contributed by atoms with Crippen LogP contribution in [0.15, 0.2) is 11.4 Å². The molecule has 0 spiro atoms. The van der Waals surface area contributed by atoms with Gasteiger partial charge in [0.1, 0.15) is 0 Å². The number of allylic oxidation sites excluding steroid dienone is 2. The average Bonchev–Trinajstić information content (AvgIpc) is 2.09. The largest absolute Gasteiger partial charge is 0.359 e. The summed E-state index contributed by atoms with van der Waals surface area (Å²) in [5.74, 6) is 0. The van der Waals surface area contributed by atoms with Gasteiger partial charge in [-0.3, -0.25) is 0 Å². The summed E-state index contributed by atoms with van der Waals surface area (Å²) in [4.78, 5) is 4.58. The molecule has 0 saturated carbocycles. The first-order valence-electron chi connectivity index (χ1n) is 3.78. The fraction of sp³-hybridized carbons (Fsp3) is 0.750. The smallest absolute Gasteiger partial charge is 0.0892 e. The zero-order valence-corrected chi connectivity index (χ0v) is 7.31. The molecule has 0 radical (unpaired) electrons. The van der Waals surface area contributed by atoms with Gasteiger partial charge in [0, 0.05) is 25.5 Å². The molecule has 58 valence electrons. The number of rotatable bonds is 1. The molecule has 2 nitrogen and oxygen atoms in total. The minimum Gasteiger partial charge on any atom is -0.359 e. The maximum atomic E-state index is 2.30. The summed E-state index contributed by atoms with van der Waals surface area (Å²) in [5.41, 5.74) is 2.90. The molecule has 0 aromatic heterocycles. The second-order valence-electron chi connectivity index (χ2n) is 2.92. The summed E-state index contributed by atoms with van der Waals surface area (Å²) in [5, 5.41) is 0. The quantitative estimate of drug-likeness (QED) is 0.544. The number of nitrogens with zero attached hydrogens (tertiary/aromatic N) is 2. The zero-order chi connectivity index (χ0) is 7.72. The lowest BCUT2D eigenvalue weighted by molar-refractivity contribution is 0.315. The van der Waals surface area contributed by atoms with E-state index >= 15 is 0 Å². The molecule has 0 amide bonds. The second kappa shape index (κ2) is 2.52. The molecular formula is C8H16N2. The zero-order valence-electron chi connectivity index (χ0n) is 7.31. The molecule has 0 atom stereocenters. The third-order valence-electron chi connectivity index (χ3n) is 2.21. The Morgan fingerprint density at radius 3 is 2.10 bits per heavy atom. The SMILES string of the molecule is CCC1=C(C)N(C)CN1C. The molecule has 1 aliphatic heterocycles.